The van der Waals surface area contributed by atoms with E-state index in [1.54, 1.807) is 52.3 Å². The van der Waals surface area contributed by atoms with Gasteiger partial charge in [-0.1, -0.05) is 97.6 Å². The Morgan fingerprint density at radius 3 is 2.10 bits per heavy atom. The van der Waals surface area contributed by atoms with E-state index in [-0.39, 0.29) is 19.0 Å². The minimum Gasteiger partial charge on any atom is -0.444 e. The molecule has 1 aliphatic rings. The molecule has 1 heterocycles. The van der Waals surface area contributed by atoms with Crippen LogP contribution in [0.3, 0.4) is 0 Å². The van der Waals surface area contributed by atoms with Crippen molar-refractivity contribution in [3.63, 3.8) is 0 Å². The molecule has 2 amide bonds. The number of ether oxygens (including phenoxy) is 1. The van der Waals surface area contributed by atoms with E-state index >= 15 is 0 Å². The Kier molecular flexibility index (Phi) is 32.2. The van der Waals surface area contributed by atoms with Crippen molar-refractivity contribution in [1.29, 1.82) is 0 Å². The number of aliphatic hydroxyl groups excluding tert-OH is 1. The zero-order valence-electron chi connectivity index (χ0n) is 33.2. The fourth-order valence-electron chi connectivity index (χ4n) is 4.07. The molecule has 1 N–H and O–H groups in total. The van der Waals surface area contributed by atoms with Gasteiger partial charge < -0.3 is 19.6 Å². The van der Waals surface area contributed by atoms with Gasteiger partial charge in [-0.2, -0.15) is 0 Å². The summed E-state index contributed by atoms with van der Waals surface area (Å²) >= 11 is 0. The molecule has 0 bridgehead atoms. The van der Waals surface area contributed by atoms with Gasteiger partial charge in [0.1, 0.15) is 11.3 Å². The third-order valence-corrected chi connectivity index (χ3v) is 6.43. The molecule has 49 heavy (non-hydrogen) atoms. The lowest BCUT2D eigenvalue weighted by Crippen LogP contribution is -2.50. The third kappa shape index (κ3) is 25.1. The minimum atomic E-state index is -0.861. The van der Waals surface area contributed by atoms with E-state index in [2.05, 4.69) is 41.9 Å². The number of nitrogens with zero attached hydrogens (tertiary/aromatic N) is 5. The number of carbonyl (C=O) groups is 2. The van der Waals surface area contributed by atoms with Gasteiger partial charge in [-0.3, -0.25) is 19.7 Å². The maximum atomic E-state index is 13.0. The van der Waals surface area contributed by atoms with Crippen molar-refractivity contribution in [2.75, 3.05) is 52.4 Å². The Morgan fingerprint density at radius 2 is 1.61 bits per heavy atom. The van der Waals surface area contributed by atoms with Gasteiger partial charge in [-0.05, 0) is 65.2 Å². The van der Waals surface area contributed by atoms with Crippen LogP contribution >= 0.6 is 0 Å². The summed E-state index contributed by atoms with van der Waals surface area (Å²) in [6.07, 6.45) is 16.3. The molecule has 0 spiro atoms. The van der Waals surface area contributed by atoms with Crippen LogP contribution in [0.4, 0.5) is 4.79 Å². The highest BCUT2D eigenvalue weighted by Crippen LogP contribution is 2.15. The van der Waals surface area contributed by atoms with Crippen molar-refractivity contribution < 1.29 is 19.4 Å². The average molecular weight is 686 g/mol. The Hall–Kier alpha value is -3.56. The monoisotopic (exact) mass is 686 g/mol. The van der Waals surface area contributed by atoms with Crippen molar-refractivity contribution in [3.05, 3.63) is 73.0 Å². The first-order chi connectivity index (χ1) is 23.4. The highest BCUT2D eigenvalue weighted by atomic mass is 16.6. The number of aliphatic imine (C=N–C) groups is 2. The number of hydrogen-bond donors (Lipinski definition) is 1. The first-order valence-corrected chi connectivity index (χ1v) is 18.0. The second-order valence-corrected chi connectivity index (χ2v) is 11.6. The van der Waals surface area contributed by atoms with Crippen LogP contribution in [0.5, 0.6) is 0 Å². The lowest BCUT2D eigenvalue weighted by molar-refractivity contribution is -0.125. The summed E-state index contributed by atoms with van der Waals surface area (Å²) in [6, 6.07) is 0. The molecular weight excluding hydrogens is 614 g/mol. The van der Waals surface area contributed by atoms with Crippen LogP contribution in [-0.4, -0.2) is 108 Å². The van der Waals surface area contributed by atoms with Crippen LogP contribution in [0.15, 0.2) is 83.0 Å². The van der Waals surface area contributed by atoms with Gasteiger partial charge in [0.05, 0.1) is 19.2 Å². The van der Waals surface area contributed by atoms with Gasteiger partial charge in [0.15, 0.2) is 0 Å². The standard InChI is InChI=1S/C33H51N5O4.C3H8.2C2H6/c1-9-13-14-17-34-18-20-36-21-23-37(24-22-36)31(40)27(5)35-25-28(11-3)16-19-38(32(41)42-33(6,7)8)26-30(39)29(12-4)15-10-2;1-3-2;2*1-2/h9-15,17,25,30,39H,1,3,16,18-24,26H2,2,4-8H3;3H2,1-2H3;2*1-2H3/b14-13-,15-10-,28-25+,29-12+,34-17?,35-27?;;;. The normalized spacial score (nSPS) is 15.0. The Labute approximate surface area is 300 Å². The molecule has 1 atom stereocenters. The number of carbonyl (C=O) groups excluding carboxylic acids is 2. The summed E-state index contributed by atoms with van der Waals surface area (Å²) in [4.78, 5) is 40.3. The molecule has 1 rings (SSSR count). The SMILES string of the molecule is C=C/C=C\C=NCCN1CCN(C(=O)C(C)=N/C=C(\C=C)CCN(CC(O)C(/C=C\C)=C/C)C(=O)OC(C)(C)C)CC1.CC.CC.CCC. The Bertz CT molecular complexity index is 1090. The van der Waals surface area contributed by atoms with Crippen molar-refractivity contribution in [1.82, 2.24) is 14.7 Å². The third-order valence-electron chi connectivity index (χ3n) is 6.43. The Balaban J connectivity index is -0.00000280. The summed E-state index contributed by atoms with van der Waals surface area (Å²) in [7, 11) is 0. The lowest BCUT2D eigenvalue weighted by Gasteiger charge is -2.34. The second kappa shape index (κ2) is 31.7. The van der Waals surface area contributed by atoms with Crippen molar-refractivity contribution in [2.45, 2.75) is 108 Å². The van der Waals surface area contributed by atoms with Crippen LogP contribution in [0.2, 0.25) is 0 Å². The molecular formula is C40H71N5O4. The molecule has 0 radical (unpaired) electrons. The molecule has 0 aromatic carbocycles. The van der Waals surface area contributed by atoms with Gasteiger partial charge in [0.25, 0.3) is 5.91 Å². The average Bonchev–Trinajstić information content (AvgIpc) is 3.09. The van der Waals surface area contributed by atoms with Crippen molar-refractivity contribution >= 4 is 23.9 Å². The lowest BCUT2D eigenvalue weighted by atomic mass is 10.1. The van der Waals surface area contributed by atoms with Gasteiger partial charge in [0.2, 0.25) is 0 Å². The molecule has 0 saturated carbocycles. The first-order valence-electron chi connectivity index (χ1n) is 18.0. The number of allylic oxidation sites excluding steroid dienone is 6. The quantitative estimate of drug-likeness (QED) is 0.138. The number of amides is 2. The van der Waals surface area contributed by atoms with Crippen LogP contribution < -0.4 is 0 Å². The summed E-state index contributed by atoms with van der Waals surface area (Å²) in [5.74, 6) is -0.0942. The zero-order valence-corrected chi connectivity index (χ0v) is 33.2. The molecule has 1 saturated heterocycles. The minimum absolute atomic E-state index is 0.0782. The predicted molar refractivity (Wildman–Crippen MR) is 213 cm³/mol. The smallest absolute Gasteiger partial charge is 0.410 e. The molecule has 1 aliphatic heterocycles. The van der Waals surface area contributed by atoms with Crippen LogP contribution in [0, 0.1) is 0 Å². The van der Waals surface area contributed by atoms with Gasteiger partial charge >= 0.3 is 6.09 Å². The van der Waals surface area contributed by atoms with E-state index in [1.807, 2.05) is 76.8 Å². The van der Waals surface area contributed by atoms with Crippen molar-refractivity contribution in [3.8, 4) is 0 Å². The van der Waals surface area contributed by atoms with E-state index in [4.69, 9.17) is 4.74 Å². The summed E-state index contributed by atoms with van der Waals surface area (Å²) < 4.78 is 5.59. The molecule has 1 unspecified atom stereocenters. The molecule has 9 nitrogen and oxygen atoms in total. The number of aliphatic hydroxyl groups is 1. The molecule has 9 heteroatoms. The molecule has 280 valence electrons. The number of rotatable bonds is 15. The van der Waals surface area contributed by atoms with E-state index in [9.17, 15) is 14.7 Å². The molecule has 1 fully saturated rings. The molecule has 0 aromatic rings. The maximum absolute atomic E-state index is 13.0. The fraction of sp³-hybridized carbons (Fsp3) is 0.600. The van der Waals surface area contributed by atoms with E-state index in [0.717, 1.165) is 30.8 Å². The summed E-state index contributed by atoms with van der Waals surface area (Å²) in [5, 5.41) is 10.8. The van der Waals surface area contributed by atoms with Crippen molar-refractivity contribution in [2.24, 2.45) is 9.98 Å². The van der Waals surface area contributed by atoms with Crippen LogP contribution in [0.1, 0.15) is 95.9 Å². The topological polar surface area (TPSA) is 98.0 Å². The zero-order chi connectivity index (χ0) is 38.3. The largest absolute Gasteiger partial charge is 0.444 e. The van der Waals surface area contributed by atoms with Gasteiger partial charge in [-0.15, -0.1) is 0 Å². The van der Waals surface area contributed by atoms with Gasteiger partial charge in [-0.25, -0.2) is 4.79 Å². The predicted octanol–water partition coefficient (Wildman–Crippen LogP) is 8.45. The number of piperazine rings is 1. The van der Waals surface area contributed by atoms with E-state index in [0.29, 0.717) is 31.8 Å². The van der Waals surface area contributed by atoms with Crippen LogP contribution in [-0.2, 0) is 9.53 Å². The highest BCUT2D eigenvalue weighted by molar-refractivity contribution is 6.38. The van der Waals surface area contributed by atoms with Gasteiger partial charge in [0, 0.05) is 51.7 Å². The summed E-state index contributed by atoms with van der Waals surface area (Å²) in [5.41, 5.74) is 1.20. The molecule has 0 aromatic heterocycles. The van der Waals surface area contributed by atoms with E-state index < -0.39 is 17.8 Å². The highest BCUT2D eigenvalue weighted by Gasteiger charge is 2.25. The second-order valence-electron chi connectivity index (χ2n) is 11.6. The van der Waals surface area contributed by atoms with E-state index in [1.165, 1.54) is 11.3 Å². The number of hydrogen-bond acceptors (Lipinski definition) is 7. The maximum Gasteiger partial charge on any atom is 0.410 e. The van der Waals surface area contributed by atoms with Crippen LogP contribution in [0.25, 0.3) is 0 Å². The molecule has 0 aliphatic carbocycles. The fourth-order valence-corrected chi connectivity index (χ4v) is 4.07. The summed E-state index contributed by atoms with van der Waals surface area (Å²) in [6.45, 7) is 35.4. The Morgan fingerprint density at radius 1 is 1.02 bits per heavy atom. The first kappa shape index (κ1) is 49.8.